The van der Waals surface area contributed by atoms with E-state index in [9.17, 15) is 13.5 Å². The van der Waals surface area contributed by atoms with Gasteiger partial charge in [-0.3, -0.25) is 0 Å². The van der Waals surface area contributed by atoms with E-state index in [1.165, 1.54) is 6.07 Å². The number of rotatable bonds is 6. The predicted molar refractivity (Wildman–Crippen MR) is 93.7 cm³/mol. The first kappa shape index (κ1) is 19.3. The van der Waals surface area contributed by atoms with E-state index in [0.717, 1.165) is 5.56 Å². The van der Waals surface area contributed by atoms with Crippen molar-refractivity contribution in [3.63, 3.8) is 0 Å². The minimum Gasteiger partial charge on any atom is -0.487 e. The van der Waals surface area contributed by atoms with E-state index in [-0.39, 0.29) is 13.1 Å². The lowest BCUT2D eigenvalue weighted by Crippen LogP contribution is -1.99. The SMILES string of the molecule is C.O=S(=O)=Nc1cc([C@@H](O)CBr)ccc1OCc1ccccc1. The molecule has 0 aliphatic rings. The normalized spacial score (nSPS) is 11.2. The van der Waals surface area contributed by atoms with Crippen LogP contribution in [0.1, 0.15) is 24.7 Å². The molecule has 2 rings (SSSR count). The molecule has 2 aromatic rings. The third kappa shape index (κ3) is 5.78. The average molecular weight is 400 g/mol. The lowest BCUT2D eigenvalue weighted by atomic mass is 10.1. The number of ether oxygens (including phenoxy) is 1. The van der Waals surface area contributed by atoms with Crippen LogP contribution in [0.5, 0.6) is 5.75 Å². The van der Waals surface area contributed by atoms with Crippen molar-refractivity contribution < 1.29 is 18.3 Å². The summed E-state index contributed by atoms with van der Waals surface area (Å²) in [7, 11) is -2.60. The zero-order chi connectivity index (χ0) is 15.9. The van der Waals surface area contributed by atoms with Gasteiger partial charge in [-0.05, 0) is 23.3 Å². The Kier molecular flexibility index (Phi) is 7.94. The third-order valence-corrected chi connectivity index (χ3v) is 3.88. The van der Waals surface area contributed by atoms with Crippen LogP contribution in [-0.2, 0) is 17.1 Å². The Morgan fingerprint density at radius 1 is 1.17 bits per heavy atom. The van der Waals surface area contributed by atoms with E-state index in [1.807, 2.05) is 30.3 Å². The lowest BCUT2D eigenvalue weighted by molar-refractivity contribution is 0.205. The second-order valence-corrected chi connectivity index (χ2v) is 5.74. The molecule has 5 nitrogen and oxygen atoms in total. The monoisotopic (exact) mass is 399 g/mol. The quantitative estimate of drug-likeness (QED) is 0.743. The highest BCUT2D eigenvalue weighted by Gasteiger charge is 2.11. The fourth-order valence-corrected chi connectivity index (χ4v) is 2.52. The van der Waals surface area contributed by atoms with Gasteiger partial charge in [0.2, 0.25) is 0 Å². The second-order valence-electron chi connectivity index (χ2n) is 4.48. The molecule has 0 unspecified atom stereocenters. The molecule has 0 heterocycles. The van der Waals surface area contributed by atoms with Gasteiger partial charge in [-0.2, -0.15) is 8.42 Å². The van der Waals surface area contributed by atoms with Gasteiger partial charge in [0, 0.05) is 5.33 Å². The zero-order valence-corrected chi connectivity index (χ0v) is 13.9. The largest absolute Gasteiger partial charge is 0.487 e. The summed E-state index contributed by atoms with van der Waals surface area (Å²) in [5.74, 6) is 0.346. The first-order chi connectivity index (χ1) is 10.6. The topological polar surface area (TPSA) is 76.0 Å². The van der Waals surface area contributed by atoms with Gasteiger partial charge in [0.05, 0.1) is 6.10 Å². The second kappa shape index (κ2) is 9.44. The Bertz CT molecular complexity index is 755. The highest BCUT2D eigenvalue weighted by Crippen LogP contribution is 2.32. The Hall–Kier alpha value is -1.70. The molecule has 2 aromatic carbocycles. The van der Waals surface area contributed by atoms with Gasteiger partial charge in [0.15, 0.2) is 0 Å². The minimum atomic E-state index is -2.60. The first-order valence-corrected chi connectivity index (χ1v) is 8.61. The molecule has 0 saturated carbocycles. The van der Waals surface area contributed by atoms with Crippen molar-refractivity contribution in [3.8, 4) is 5.75 Å². The number of hydrogen-bond acceptors (Lipinski definition) is 5. The van der Waals surface area contributed by atoms with Gasteiger partial charge in [0.25, 0.3) is 0 Å². The maximum absolute atomic E-state index is 10.9. The van der Waals surface area contributed by atoms with Gasteiger partial charge >= 0.3 is 10.5 Å². The number of alkyl halides is 1. The standard InChI is InChI=1S/C15H14BrNO4S.CH4/c16-9-14(18)12-6-7-15(13(8-12)17-22(19)20)21-10-11-4-2-1-3-5-11;/h1-8,14,18H,9-10H2;1H4/t14-;/m0./s1. The number of nitrogens with zero attached hydrogens (tertiary/aromatic N) is 1. The maximum Gasteiger partial charge on any atom is 0.316 e. The van der Waals surface area contributed by atoms with Crippen LogP contribution in [0.15, 0.2) is 52.9 Å². The van der Waals surface area contributed by atoms with Crippen molar-refractivity contribution in [1.29, 1.82) is 0 Å². The third-order valence-electron chi connectivity index (χ3n) is 2.92. The van der Waals surface area contributed by atoms with Crippen molar-refractivity contribution in [2.45, 2.75) is 20.1 Å². The van der Waals surface area contributed by atoms with E-state index < -0.39 is 16.6 Å². The summed E-state index contributed by atoms with van der Waals surface area (Å²) in [5.41, 5.74) is 1.69. The van der Waals surface area contributed by atoms with Crippen molar-refractivity contribution in [2.75, 3.05) is 5.33 Å². The Morgan fingerprint density at radius 2 is 1.87 bits per heavy atom. The summed E-state index contributed by atoms with van der Waals surface area (Å²) in [5, 5.41) is 10.1. The number of aliphatic hydroxyl groups excluding tert-OH is 1. The molecule has 0 aliphatic heterocycles. The van der Waals surface area contributed by atoms with Crippen LogP contribution in [0.3, 0.4) is 0 Å². The van der Waals surface area contributed by atoms with Crippen molar-refractivity contribution in [1.82, 2.24) is 0 Å². The van der Waals surface area contributed by atoms with Crippen LogP contribution in [0.4, 0.5) is 5.69 Å². The summed E-state index contributed by atoms with van der Waals surface area (Å²) in [6.07, 6.45) is -0.739. The molecular formula is C16H18BrNO4S. The van der Waals surface area contributed by atoms with Gasteiger partial charge in [-0.1, -0.05) is 59.8 Å². The van der Waals surface area contributed by atoms with Crippen molar-refractivity contribution >= 4 is 32.1 Å². The van der Waals surface area contributed by atoms with E-state index in [4.69, 9.17) is 4.74 Å². The molecule has 0 fully saturated rings. The molecule has 0 bridgehead atoms. The fraction of sp³-hybridized carbons (Fsp3) is 0.250. The van der Waals surface area contributed by atoms with Crippen LogP contribution in [0.2, 0.25) is 0 Å². The lowest BCUT2D eigenvalue weighted by Gasteiger charge is -2.12. The van der Waals surface area contributed by atoms with Crippen LogP contribution in [0.25, 0.3) is 0 Å². The Labute approximate surface area is 145 Å². The summed E-state index contributed by atoms with van der Waals surface area (Å²) < 4.78 is 30.9. The van der Waals surface area contributed by atoms with Crippen LogP contribution >= 0.6 is 15.9 Å². The summed E-state index contributed by atoms with van der Waals surface area (Å²) in [4.78, 5) is 0. The van der Waals surface area contributed by atoms with E-state index in [1.54, 1.807) is 12.1 Å². The van der Waals surface area contributed by atoms with Crippen LogP contribution < -0.4 is 4.74 Å². The number of benzene rings is 2. The molecule has 1 atom stereocenters. The smallest absolute Gasteiger partial charge is 0.316 e. The first-order valence-electron chi connectivity index (χ1n) is 6.46. The predicted octanol–water partition coefficient (Wildman–Crippen LogP) is 4.02. The number of hydrogen-bond donors (Lipinski definition) is 1. The fourth-order valence-electron chi connectivity index (χ4n) is 1.84. The minimum absolute atomic E-state index is 0. The van der Waals surface area contributed by atoms with E-state index >= 15 is 0 Å². The molecule has 1 N–H and O–H groups in total. The molecule has 0 aromatic heterocycles. The molecule has 23 heavy (non-hydrogen) atoms. The highest BCUT2D eigenvalue weighted by atomic mass is 79.9. The molecular weight excluding hydrogens is 382 g/mol. The summed E-state index contributed by atoms with van der Waals surface area (Å²) in [6.45, 7) is 0.301. The molecule has 124 valence electrons. The van der Waals surface area contributed by atoms with Gasteiger partial charge in [0.1, 0.15) is 18.0 Å². The van der Waals surface area contributed by atoms with Crippen molar-refractivity contribution in [3.05, 3.63) is 59.7 Å². The summed E-state index contributed by atoms with van der Waals surface area (Å²) >= 11 is 3.17. The van der Waals surface area contributed by atoms with Gasteiger partial charge in [-0.15, -0.1) is 4.36 Å². The number of halogens is 1. The summed E-state index contributed by atoms with van der Waals surface area (Å²) in [6, 6.07) is 14.3. The van der Waals surface area contributed by atoms with Crippen molar-refractivity contribution in [2.24, 2.45) is 4.36 Å². The highest BCUT2D eigenvalue weighted by molar-refractivity contribution is 9.09. The number of aliphatic hydroxyl groups is 1. The van der Waals surface area contributed by atoms with Crippen LogP contribution in [0, 0.1) is 0 Å². The van der Waals surface area contributed by atoms with Gasteiger partial charge in [-0.25, -0.2) is 0 Å². The van der Waals surface area contributed by atoms with E-state index in [2.05, 4.69) is 20.3 Å². The molecule has 0 spiro atoms. The zero-order valence-electron chi connectivity index (χ0n) is 11.5. The Balaban J connectivity index is 0.00000264. The van der Waals surface area contributed by atoms with Gasteiger partial charge < -0.3 is 9.84 Å². The molecule has 0 amide bonds. The van der Waals surface area contributed by atoms with E-state index in [0.29, 0.717) is 23.2 Å². The molecule has 0 aliphatic carbocycles. The molecule has 7 heteroatoms. The Morgan fingerprint density at radius 3 is 2.48 bits per heavy atom. The molecule has 0 saturated heterocycles. The molecule has 0 radical (unpaired) electrons. The maximum atomic E-state index is 10.9. The average Bonchev–Trinajstić information content (AvgIpc) is 2.53. The van der Waals surface area contributed by atoms with Crippen LogP contribution in [-0.4, -0.2) is 18.9 Å².